The number of anilines is 1. The van der Waals surface area contributed by atoms with Gasteiger partial charge in [-0.25, -0.2) is 9.52 Å². The summed E-state index contributed by atoms with van der Waals surface area (Å²) in [7, 11) is -0.338. The van der Waals surface area contributed by atoms with Crippen LogP contribution in [0.15, 0.2) is 6.07 Å². The Balaban J connectivity index is 1.46. The molecule has 1 atom stereocenters. The number of amides is 2. The number of fused-ring (bicyclic) bond motifs is 2. The van der Waals surface area contributed by atoms with Gasteiger partial charge >= 0.3 is 16.2 Å². The molecule has 2 amide bonds. The van der Waals surface area contributed by atoms with Gasteiger partial charge in [0.1, 0.15) is 0 Å². The van der Waals surface area contributed by atoms with Crippen molar-refractivity contribution in [2.45, 2.75) is 57.4 Å². The number of rotatable bonds is 5. The number of hydrogen-bond acceptors (Lipinski definition) is 4. The van der Waals surface area contributed by atoms with E-state index in [-0.39, 0.29) is 6.04 Å². The number of likely N-dealkylation sites (N-methyl/N-ethyl adjacent to an activating group) is 2. The van der Waals surface area contributed by atoms with E-state index in [0.29, 0.717) is 6.54 Å². The summed E-state index contributed by atoms with van der Waals surface area (Å²) in [6.07, 6.45) is 8.19. The third-order valence-electron chi connectivity index (χ3n) is 6.48. The quantitative estimate of drug-likeness (QED) is 0.784. The second-order valence-electron chi connectivity index (χ2n) is 8.35. The van der Waals surface area contributed by atoms with E-state index in [4.69, 9.17) is 0 Å². The largest absolute Gasteiger partial charge is 0.333 e. The molecule has 28 heavy (non-hydrogen) atoms. The molecule has 0 saturated carbocycles. The number of urea groups is 1. The van der Waals surface area contributed by atoms with E-state index in [0.717, 1.165) is 63.6 Å². The zero-order chi connectivity index (χ0) is 19.9. The van der Waals surface area contributed by atoms with Crippen LogP contribution in [0.1, 0.15) is 47.9 Å². The minimum atomic E-state index is -3.87. The molecule has 0 spiro atoms. The van der Waals surface area contributed by atoms with Gasteiger partial charge < -0.3 is 10.2 Å². The van der Waals surface area contributed by atoms with Crippen LogP contribution in [0.4, 0.5) is 10.5 Å². The van der Waals surface area contributed by atoms with Crippen LogP contribution in [0.25, 0.3) is 0 Å². The fraction of sp³-hybridized carbons (Fsp3) is 0.650. The molecule has 1 saturated heterocycles. The lowest BCUT2D eigenvalue weighted by molar-refractivity contribution is 0.253. The first-order chi connectivity index (χ1) is 13.3. The number of carbonyl (C=O) groups is 1. The zero-order valence-electron chi connectivity index (χ0n) is 16.8. The lowest BCUT2D eigenvalue weighted by Crippen LogP contribution is -2.47. The Kier molecular flexibility index (Phi) is 5.37. The summed E-state index contributed by atoms with van der Waals surface area (Å²) in [4.78, 5) is 14.8. The third-order valence-corrected chi connectivity index (χ3v) is 7.90. The first-order valence-electron chi connectivity index (χ1n) is 10.3. The van der Waals surface area contributed by atoms with Crippen molar-refractivity contribution < 1.29 is 13.2 Å². The normalized spacial score (nSPS) is 21.8. The van der Waals surface area contributed by atoms with Gasteiger partial charge in [-0.1, -0.05) is 6.07 Å². The Labute approximate surface area is 167 Å². The van der Waals surface area contributed by atoms with E-state index in [1.165, 1.54) is 33.6 Å². The molecule has 1 aromatic carbocycles. The van der Waals surface area contributed by atoms with Gasteiger partial charge in [0.05, 0.1) is 0 Å². The smallest absolute Gasteiger partial charge is 0.307 e. The van der Waals surface area contributed by atoms with Crippen molar-refractivity contribution in [1.29, 1.82) is 0 Å². The Morgan fingerprint density at radius 3 is 2.36 bits per heavy atom. The molecule has 0 bridgehead atoms. The molecule has 0 radical (unpaired) electrons. The molecule has 1 heterocycles. The summed E-state index contributed by atoms with van der Waals surface area (Å²) in [6.45, 7) is 1.37. The lowest BCUT2D eigenvalue weighted by atomic mass is 9.99. The maximum Gasteiger partial charge on any atom is 0.333 e. The van der Waals surface area contributed by atoms with E-state index in [1.807, 2.05) is 7.05 Å². The van der Waals surface area contributed by atoms with Gasteiger partial charge in [0.25, 0.3) is 0 Å². The van der Waals surface area contributed by atoms with Crippen molar-refractivity contribution >= 4 is 21.9 Å². The van der Waals surface area contributed by atoms with Crippen molar-refractivity contribution in [1.82, 2.24) is 13.9 Å². The average molecular weight is 407 g/mol. The highest BCUT2D eigenvalue weighted by molar-refractivity contribution is 7.87. The van der Waals surface area contributed by atoms with Crippen LogP contribution in [0.3, 0.4) is 0 Å². The van der Waals surface area contributed by atoms with Crippen molar-refractivity contribution in [2.75, 3.05) is 32.5 Å². The number of carbonyl (C=O) groups excluding carboxylic acids is 1. The highest BCUT2D eigenvalue weighted by Crippen LogP contribution is 2.38. The monoisotopic (exact) mass is 406 g/mol. The van der Waals surface area contributed by atoms with E-state index < -0.39 is 16.2 Å². The molecule has 4 rings (SSSR count). The number of hydrogen-bond donors (Lipinski definition) is 2. The van der Waals surface area contributed by atoms with Crippen LogP contribution in [-0.2, 0) is 35.9 Å². The number of nitrogens with one attached hydrogen (secondary N) is 2. The van der Waals surface area contributed by atoms with Gasteiger partial charge in [-0.2, -0.15) is 12.7 Å². The minimum Gasteiger partial charge on any atom is -0.307 e. The Morgan fingerprint density at radius 1 is 1.14 bits per heavy atom. The second-order valence-corrected chi connectivity index (χ2v) is 10.1. The molecule has 1 fully saturated rings. The van der Waals surface area contributed by atoms with Crippen molar-refractivity contribution in [3.05, 3.63) is 28.3 Å². The number of benzene rings is 1. The summed E-state index contributed by atoms with van der Waals surface area (Å²) in [5.74, 6) is 0. The fourth-order valence-corrected chi connectivity index (χ4v) is 5.72. The van der Waals surface area contributed by atoms with Crippen LogP contribution in [0.2, 0.25) is 0 Å². The van der Waals surface area contributed by atoms with Crippen LogP contribution < -0.4 is 10.0 Å². The summed E-state index contributed by atoms with van der Waals surface area (Å²) in [5.41, 5.74) is 5.84. The van der Waals surface area contributed by atoms with Crippen molar-refractivity contribution in [2.24, 2.45) is 0 Å². The Hall–Kier alpha value is -1.64. The summed E-state index contributed by atoms with van der Waals surface area (Å²) in [6, 6.07) is 1.82. The van der Waals surface area contributed by atoms with E-state index in [9.17, 15) is 13.2 Å². The fourth-order valence-electron chi connectivity index (χ4n) is 4.91. The van der Waals surface area contributed by atoms with Crippen molar-refractivity contribution in [3.8, 4) is 0 Å². The topological polar surface area (TPSA) is 81.8 Å². The molecule has 154 valence electrons. The van der Waals surface area contributed by atoms with Gasteiger partial charge in [-0.3, -0.25) is 0 Å². The molecule has 1 aliphatic heterocycles. The van der Waals surface area contributed by atoms with Gasteiger partial charge in [0, 0.05) is 25.3 Å². The predicted octanol–water partition coefficient (Wildman–Crippen LogP) is 2.06. The standard InChI is InChI=1S/C20H30N4O3S/c1-23-11-5-8-16(23)13-24(2)28(26,27)22-20(25)21-19-17-9-3-6-14(17)12-15-7-4-10-18(15)19/h12,16H,3-11,13H2,1-2H3,(H2,21,22,25). The Morgan fingerprint density at radius 2 is 1.79 bits per heavy atom. The highest BCUT2D eigenvalue weighted by atomic mass is 32.2. The minimum absolute atomic E-state index is 0.199. The van der Waals surface area contributed by atoms with Crippen LogP contribution >= 0.6 is 0 Å². The molecule has 1 unspecified atom stereocenters. The van der Waals surface area contributed by atoms with E-state index >= 15 is 0 Å². The maximum absolute atomic E-state index is 12.6. The summed E-state index contributed by atoms with van der Waals surface area (Å²) < 4.78 is 28.7. The van der Waals surface area contributed by atoms with E-state index in [2.05, 4.69) is 21.0 Å². The summed E-state index contributed by atoms with van der Waals surface area (Å²) in [5, 5.41) is 2.89. The van der Waals surface area contributed by atoms with Gasteiger partial charge in [-0.05, 0) is 87.2 Å². The maximum atomic E-state index is 12.6. The second kappa shape index (κ2) is 7.65. The van der Waals surface area contributed by atoms with Crippen LogP contribution in [0, 0.1) is 0 Å². The molecule has 2 aliphatic carbocycles. The molecule has 7 nitrogen and oxygen atoms in total. The number of nitrogens with zero attached hydrogens (tertiary/aromatic N) is 2. The number of aryl methyl sites for hydroxylation is 2. The van der Waals surface area contributed by atoms with Crippen molar-refractivity contribution in [3.63, 3.8) is 0 Å². The van der Waals surface area contributed by atoms with Gasteiger partial charge in [0.15, 0.2) is 0 Å². The van der Waals surface area contributed by atoms with Crippen LogP contribution in [-0.4, -0.2) is 56.9 Å². The SMILES string of the molecule is CN1CCCC1CN(C)S(=O)(=O)NC(=O)Nc1c2c(cc3c1CCC3)CCC2. The number of likely N-dealkylation sites (tertiary alicyclic amines) is 1. The highest BCUT2D eigenvalue weighted by Gasteiger charge is 2.29. The lowest BCUT2D eigenvalue weighted by Gasteiger charge is -2.25. The molecular weight excluding hydrogens is 376 g/mol. The predicted molar refractivity (Wildman–Crippen MR) is 110 cm³/mol. The third kappa shape index (κ3) is 3.77. The molecule has 8 heteroatoms. The molecule has 2 N–H and O–H groups in total. The van der Waals surface area contributed by atoms with Crippen LogP contribution in [0.5, 0.6) is 0 Å². The summed E-state index contributed by atoms with van der Waals surface area (Å²) >= 11 is 0. The average Bonchev–Trinajstić information content (AvgIpc) is 3.35. The molecule has 0 aromatic heterocycles. The Bertz CT molecular complexity index is 852. The molecule has 3 aliphatic rings. The van der Waals surface area contributed by atoms with Gasteiger partial charge in [-0.15, -0.1) is 0 Å². The first-order valence-corrected chi connectivity index (χ1v) is 11.7. The molecule has 1 aromatic rings. The van der Waals surface area contributed by atoms with E-state index in [1.54, 1.807) is 0 Å². The first kappa shape index (κ1) is 19.7. The molecular formula is C20H30N4O3S. The zero-order valence-corrected chi connectivity index (χ0v) is 17.6. The van der Waals surface area contributed by atoms with Gasteiger partial charge in [0.2, 0.25) is 0 Å².